The molecular weight excluding hydrogens is 260 g/mol. The lowest BCUT2D eigenvalue weighted by molar-refractivity contribution is 0.243. The van der Waals surface area contributed by atoms with E-state index in [0.29, 0.717) is 22.9 Å². The monoisotopic (exact) mass is 282 g/mol. The molecule has 0 aromatic carbocycles. The minimum Gasteiger partial charge on any atom is -0.476 e. The van der Waals surface area contributed by atoms with Gasteiger partial charge in [-0.05, 0) is 30.4 Å². The fraction of sp³-hybridized carbons (Fsp3) is 0.667. The number of hydrogen-bond donors (Lipinski definition) is 1. The lowest BCUT2D eigenvalue weighted by Crippen LogP contribution is -2.21. The first-order valence-electron chi connectivity index (χ1n) is 7.15. The molecule has 0 atom stereocenters. The van der Waals surface area contributed by atoms with Crippen molar-refractivity contribution < 1.29 is 4.74 Å². The van der Waals surface area contributed by atoms with Crippen LogP contribution in [-0.2, 0) is 6.54 Å². The van der Waals surface area contributed by atoms with Gasteiger partial charge in [-0.3, -0.25) is 0 Å². The number of pyridine rings is 1. The Labute approximate surface area is 120 Å². The first-order chi connectivity index (χ1) is 9.15. The first-order valence-corrected chi connectivity index (χ1v) is 7.53. The highest BCUT2D eigenvalue weighted by Gasteiger charge is 2.16. The molecule has 106 valence electrons. The molecule has 1 aromatic rings. The van der Waals surface area contributed by atoms with Crippen molar-refractivity contribution in [2.75, 3.05) is 6.61 Å². The average molecular weight is 283 g/mol. The SMILES string of the molecule is CC(C)NCc1cnc(OCC2CCCC2)c(Cl)c1. The highest BCUT2D eigenvalue weighted by Crippen LogP contribution is 2.27. The van der Waals surface area contributed by atoms with E-state index in [1.807, 2.05) is 12.3 Å². The molecule has 0 saturated heterocycles. The number of aromatic nitrogens is 1. The van der Waals surface area contributed by atoms with Crippen LogP contribution in [0.2, 0.25) is 5.02 Å². The fourth-order valence-corrected chi connectivity index (χ4v) is 2.61. The summed E-state index contributed by atoms with van der Waals surface area (Å²) in [6.45, 7) is 5.77. The van der Waals surface area contributed by atoms with Crippen LogP contribution >= 0.6 is 11.6 Å². The van der Waals surface area contributed by atoms with Gasteiger partial charge in [0.2, 0.25) is 5.88 Å². The molecule has 0 bridgehead atoms. The summed E-state index contributed by atoms with van der Waals surface area (Å²) in [5.74, 6) is 1.25. The molecule has 1 N–H and O–H groups in total. The van der Waals surface area contributed by atoms with E-state index in [0.717, 1.165) is 18.7 Å². The zero-order chi connectivity index (χ0) is 13.7. The Morgan fingerprint density at radius 1 is 1.42 bits per heavy atom. The third kappa shape index (κ3) is 4.66. The van der Waals surface area contributed by atoms with Crippen LogP contribution in [0.3, 0.4) is 0 Å². The van der Waals surface area contributed by atoms with Gasteiger partial charge in [-0.2, -0.15) is 0 Å². The fourth-order valence-electron chi connectivity index (χ4n) is 2.36. The van der Waals surface area contributed by atoms with Gasteiger partial charge in [0, 0.05) is 18.8 Å². The number of ether oxygens (including phenoxy) is 1. The van der Waals surface area contributed by atoms with Crippen molar-refractivity contribution in [2.24, 2.45) is 5.92 Å². The van der Waals surface area contributed by atoms with E-state index in [2.05, 4.69) is 24.1 Å². The molecule has 1 saturated carbocycles. The van der Waals surface area contributed by atoms with E-state index >= 15 is 0 Å². The molecule has 1 aromatic heterocycles. The molecule has 2 rings (SSSR count). The molecule has 4 heteroatoms. The molecular formula is C15H23ClN2O. The lowest BCUT2D eigenvalue weighted by atomic mass is 10.1. The lowest BCUT2D eigenvalue weighted by Gasteiger charge is -2.13. The molecule has 0 spiro atoms. The third-order valence-electron chi connectivity index (χ3n) is 3.51. The normalized spacial score (nSPS) is 16.2. The zero-order valence-electron chi connectivity index (χ0n) is 11.8. The largest absolute Gasteiger partial charge is 0.476 e. The van der Waals surface area contributed by atoms with Crippen LogP contribution in [0.15, 0.2) is 12.3 Å². The molecule has 3 nitrogen and oxygen atoms in total. The molecule has 0 unspecified atom stereocenters. The van der Waals surface area contributed by atoms with Crippen LogP contribution in [0, 0.1) is 5.92 Å². The second-order valence-electron chi connectivity index (χ2n) is 5.63. The summed E-state index contributed by atoms with van der Waals surface area (Å²) < 4.78 is 5.74. The Morgan fingerprint density at radius 3 is 2.79 bits per heavy atom. The van der Waals surface area contributed by atoms with Gasteiger partial charge < -0.3 is 10.1 Å². The summed E-state index contributed by atoms with van der Waals surface area (Å²) in [5.41, 5.74) is 1.09. The van der Waals surface area contributed by atoms with Gasteiger partial charge in [0.25, 0.3) is 0 Å². The van der Waals surface area contributed by atoms with Crippen molar-refractivity contribution >= 4 is 11.6 Å². The van der Waals surface area contributed by atoms with Crippen LogP contribution in [0.4, 0.5) is 0 Å². The minimum absolute atomic E-state index is 0.456. The van der Waals surface area contributed by atoms with E-state index in [1.54, 1.807) is 0 Å². The molecule has 1 aliphatic carbocycles. The van der Waals surface area contributed by atoms with Crippen molar-refractivity contribution in [3.05, 3.63) is 22.8 Å². The Kier molecular flexibility index (Phi) is 5.46. The zero-order valence-corrected chi connectivity index (χ0v) is 12.5. The summed E-state index contributed by atoms with van der Waals surface area (Å²) >= 11 is 6.21. The molecule has 0 aliphatic heterocycles. The summed E-state index contributed by atoms with van der Waals surface area (Å²) in [7, 11) is 0. The summed E-state index contributed by atoms with van der Waals surface area (Å²) in [6, 6.07) is 2.39. The van der Waals surface area contributed by atoms with Gasteiger partial charge in [0.15, 0.2) is 0 Å². The maximum Gasteiger partial charge on any atom is 0.232 e. The third-order valence-corrected chi connectivity index (χ3v) is 3.78. The summed E-state index contributed by atoms with van der Waals surface area (Å²) in [4.78, 5) is 4.32. The Hall–Kier alpha value is -0.800. The smallest absolute Gasteiger partial charge is 0.232 e. The van der Waals surface area contributed by atoms with Crippen LogP contribution in [-0.4, -0.2) is 17.6 Å². The van der Waals surface area contributed by atoms with Gasteiger partial charge in [-0.15, -0.1) is 0 Å². The Bertz CT molecular complexity index is 403. The van der Waals surface area contributed by atoms with Gasteiger partial charge in [0.05, 0.1) is 6.61 Å². The highest BCUT2D eigenvalue weighted by atomic mass is 35.5. The van der Waals surface area contributed by atoms with Crippen molar-refractivity contribution in [1.29, 1.82) is 0 Å². The van der Waals surface area contributed by atoms with Crippen LogP contribution in [0.1, 0.15) is 45.1 Å². The van der Waals surface area contributed by atoms with Gasteiger partial charge in [-0.1, -0.05) is 38.3 Å². The van der Waals surface area contributed by atoms with Gasteiger partial charge >= 0.3 is 0 Å². The molecule has 1 aliphatic rings. The van der Waals surface area contributed by atoms with Crippen LogP contribution in [0.25, 0.3) is 0 Å². The van der Waals surface area contributed by atoms with Crippen molar-refractivity contribution in [1.82, 2.24) is 10.3 Å². The van der Waals surface area contributed by atoms with Gasteiger partial charge in [-0.25, -0.2) is 4.98 Å². The number of hydrogen-bond acceptors (Lipinski definition) is 3. The second kappa shape index (κ2) is 7.11. The molecule has 1 heterocycles. The number of nitrogens with zero attached hydrogens (tertiary/aromatic N) is 1. The minimum atomic E-state index is 0.456. The quantitative estimate of drug-likeness (QED) is 0.862. The standard InChI is InChI=1S/C15H23ClN2O/c1-11(2)17-8-13-7-14(16)15(18-9-13)19-10-12-5-3-4-6-12/h7,9,11-12,17H,3-6,8,10H2,1-2H3. The average Bonchev–Trinajstić information content (AvgIpc) is 2.88. The maximum absolute atomic E-state index is 6.21. The van der Waals surface area contributed by atoms with Crippen molar-refractivity contribution in [3.8, 4) is 5.88 Å². The maximum atomic E-state index is 6.21. The molecule has 0 amide bonds. The molecule has 1 fully saturated rings. The van der Waals surface area contributed by atoms with Crippen LogP contribution < -0.4 is 10.1 Å². The topological polar surface area (TPSA) is 34.2 Å². The van der Waals surface area contributed by atoms with E-state index in [4.69, 9.17) is 16.3 Å². The van der Waals surface area contributed by atoms with E-state index < -0.39 is 0 Å². The Balaban J connectivity index is 1.87. The van der Waals surface area contributed by atoms with E-state index in [9.17, 15) is 0 Å². The predicted octanol–water partition coefficient (Wildman–Crippen LogP) is 3.80. The predicted molar refractivity (Wildman–Crippen MR) is 78.7 cm³/mol. The second-order valence-corrected chi connectivity index (χ2v) is 6.03. The van der Waals surface area contributed by atoms with Gasteiger partial charge in [0.1, 0.15) is 5.02 Å². The summed E-state index contributed by atoms with van der Waals surface area (Å²) in [6.07, 6.45) is 7.04. The first kappa shape index (κ1) is 14.6. The highest BCUT2D eigenvalue weighted by molar-refractivity contribution is 6.31. The summed E-state index contributed by atoms with van der Waals surface area (Å²) in [5, 5.41) is 3.96. The van der Waals surface area contributed by atoms with E-state index in [-0.39, 0.29) is 0 Å². The van der Waals surface area contributed by atoms with Crippen molar-refractivity contribution in [2.45, 2.75) is 52.1 Å². The van der Waals surface area contributed by atoms with Crippen LogP contribution in [0.5, 0.6) is 5.88 Å². The number of rotatable bonds is 6. The molecule has 19 heavy (non-hydrogen) atoms. The molecule has 0 radical (unpaired) electrons. The Morgan fingerprint density at radius 2 is 2.16 bits per heavy atom. The van der Waals surface area contributed by atoms with Crippen molar-refractivity contribution in [3.63, 3.8) is 0 Å². The van der Waals surface area contributed by atoms with E-state index in [1.165, 1.54) is 25.7 Å². The number of nitrogens with one attached hydrogen (secondary N) is 1. The number of halogens is 1.